The van der Waals surface area contributed by atoms with E-state index >= 15 is 0 Å². The molecule has 1 N–H and O–H groups in total. The van der Waals surface area contributed by atoms with Crippen LogP contribution in [-0.4, -0.2) is 44.2 Å². The van der Waals surface area contributed by atoms with E-state index in [-0.39, 0.29) is 6.07 Å². The van der Waals surface area contributed by atoms with E-state index in [2.05, 4.69) is 4.74 Å². The third kappa shape index (κ3) is 4.03. The lowest BCUT2D eigenvalue weighted by Gasteiger charge is -2.27. The van der Waals surface area contributed by atoms with Gasteiger partial charge >= 0.3 is 29.0 Å². The van der Waals surface area contributed by atoms with Crippen molar-refractivity contribution in [3.63, 3.8) is 0 Å². The zero-order chi connectivity index (χ0) is 20.5. The molecule has 0 heterocycles. The van der Waals surface area contributed by atoms with Crippen molar-refractivity contribution in [2.75, 3.05) is 6.61 Å². The van der Waals surface area contributed by atoms with Crippen LogP contribution < -0.4 is 4.74 Å². The summed E-state index contributed by atoms with van der Waals surface area (Å²) in [5, 5.41) is 13.1. The van der Waals surface area contributed by atoms with E-state index in [1.165, 1.54) is 0 Å². The molecule has 1 rings (SSSR count). The quantitative estimate of drug-likeness (QED) is 0.419. The average molecular weight is 413 g/mol. The molecule has 0 aliphatic rings. The van der Waals surface area contributed by atoms with Crippen LogP contribution in [0.25, 0.3) is 0 Å². The molecule has 26 heavy (non-hydrogen) atoms. The highest BCUT2D eigenvalue weighted by Gasteiger charge is 2.76. The number of hydrogen-bond acceptors (Lipinski definition) is 5. The fourth-order valence-corrected chi connectivity index (χ4v) is 2.50. The van der Waals surface area contributed by atoms with Crippen LogP contribution in [0.3, 0.4) is 0 Å². The molecular weight excluding hydrogens is 407 g/mol. The molecule has 0 spiro atoms. The first kappa shape index (κ1) is 21.6. The first-order valence-corrected chi connectivity index (χ1v) is 7.15. The van der Waals surface area contributed by atoms with Crippen LogP contribution in [0.15, 0.2) is 23.1 Å². The Morgan fingerprint density at radius 3 is 2.15 bits per heavy atom. The Bertz CT molecular complexity index is 751. The van der Waals surface area contributed by atoms with Crippen LogP contribution in [0.2, 0.25) is 0 Å². The first-order valence-electron chi connectivity index (χ1n) is 6.00. The molecule has 0 fully saturated rings. The minimum absolute atomic E-state index is 0.0215. The highest BCUT2D eigenvalue weighted by atomic mass is 32.2. The second-order valence-electron chi connectivity index (χ2n) is 4.43. The molecule has 1 aromatic rings. The highest BCUT2D eigenvalue weighted by molar-refractivity contribution is 7.86. The second kappa shape index (κ2) is 7.05. The van der Waals surface area contributed by atoms with Crippen molar-refractivity contribution < 1.29 is 54.5 Å². The fourth-order valence-electron chi connectivity index (χ4n) is 1.45. The number of nitro benzene ring substituents is 1. The van der Waals surface area contributed by atoms with E-state index in [0.29, 0.717) is 12.1 Å². The van der Waals surface area contributed by atoms with Crippen molar-refractivity contribution in [2.45, 2.75) is 22.2 Å². The summed E-state index contributed by atoms with van der Waals surface area (Å²) in [6.45, 7) is -1.11. The molecule has 0 amide bonds. The summed E-state index contributed by atoms with van der Waals surface area (Å²) in [5.41, 5.74) is -1.26. The number of ether oxygens (including phenoxy) is 1. The van der Waals surface area contributed by atoms with Gasteiger partial charge < -0.3 is 9.84 Å². The summed E-state index contributed by atoms with van der Waals surface area (Å²) in [4.78, 5) is 18.4. The Labute approximate surface area is 141 Å². The molecule has 1 aromatic carbocycles. The maximum absolute atomic E-state index is 13.4. The predicted molar refractivity (Wildman–Crippen MR) is 68.6 cm³/mol. The molecule has 15 heteroatoms. The van der Waals surface area contributed by atoms with Crippen molar-refractivity contribution in [3.8, 4) is 5.75 Å². The largest absolute Gasteiger partial charge is 0.479 e. The van der Waals surface area contributed by atoms with E-state index in [1.54, 1.807) is 0 Å². The molecule has 1 unspecified atom stereocenters. The summed E-state index contributed by atoms with van der Waals surface area (Å²) in [5.74, 6) is -9.08. The number of benzene rings is 1. The summed E-state index contributed by atoms with van der Waals surface area (Å²) < 4.78 is 105. The Hall–Kier alpha value is -2.45. The van der Waals surface area contributed by atoms with Gasteiger partial charge in [-0.25, -0.2) is 9.00 Å². The van der Waals surface area contributed by atoms with Crippen molar-refractivity contribution in [3.05, 3.63) is 28.3 Å². The number of halogens is 7. The van der Waals surface area contributed by atoms with E-state index in [1.807, 2.05) is 0 Å². The average Bonchev–Trinajstić information content (AvgIpc) is 2.50. The van der Waals surface area contributed by atoms with Crippen LogP contribution in [0.4, 0.5) is 36.4 Å². The third-order valence-electron chi connectivity index (χ3n) is 2.65. The Morgan fingerprint density at radius 1 is 1.19 bits per heavy atom. The number of rotatable bonds is 7. The minimum atomic E-state index is -6.73. The normalized spacial score (nSPS) is 14.0. The van der Waals surface area contributed by atoms with E-state index in [0.717, 1.165) is 0 Å². The molecule has 0 saturated carbocycles. The maximum Gasteiger partial charge on any atom is 0.461 e. The van der Waals surface area contributed by atoms with Gasteiger partial charge in [-0.15, -0.1) is 0 Å². The van der Waals surface area contributed by atoms with Crippen LogP contribution in [0.1, 0.15) is 0 Å². The van der Waals surface area contributed by atoms with Gasteiger partial charge in [0.25, 0.3) is 0 Å². The zero-order valence-electron chi connectivity index (χ0n) is 11.9. The molecule has 0 bridgehead atoms. The summed E-state index contributed by atoms with van der Waals surface area (Å²) in [6, 6.07) is 0.768. The van der Waals surface area contributed by atoms with Crippen LogP contribution in [0, 0.1) is 10.1 Å². The summed E-state index contributed by atoms with van der Waals surface area (Å²) in [7, 11) is -4.34. The molecule has 7 nitrogen and oxygen atoms in total. The smallest absolute Gasteiger partial charge is 0.461 e. The van der Waals surface area contributed by atoms with Gasteiger partial charge in [0.05, 0.1) is 9.82 Å². The van der Waals surface area contributed by atoms with Gasteiger partial charge in [0.1, 0.15) is 10.8 Å². The number of carboxylic acid groups (broad SMARTS) is 1. The summed E-state index contributed by atoms with van der Waals surface area (Å²) >= 11 is 0. The topological polar surface area (TPSA) is 107 Å². The van der Waals surface area contributed by atoms with Crippen LogP contribution in [-0.2, 0) is 15.6 Å². The molecule has 0 aliphatic heterocycles. The van der Waals surface area contributed by atoms with E-state index in [9.17, 15) is 49.9 Å². The van der Waals surface area contributed by atoms with E-state index < -0.39 is 62.0 Å². The molecule has 0 aliphatic carbocycles. The number of carboxylic acids is 1. The highest BCUT2D eigenvalue weighted by Crippen LogP contribution is 2.49. The van der Waals surface area contributed by atoms with Gasteiger partial charge in [0, 0.05) is 6.07 Å². The lowest BCUT2D eigenvalue weighted by atomic mass is 10.3. The van der Waals surface area contributed by atoms with Crippen molar-refractivity contribution >= 4 is 22.5 Å². The van der Waals surface area contributed by atoms with Gasteiger partial charge in [-0.1, -0.05) is 0 Å². The number of nitro groups is 1. The molecular formula is C11H6F7NO6S. The molecule has 0 saturated heterocycles. The second-order valence-corrected chi connectivity index (χ2v) is 5.95. The predicted octanol–water partition coefficient (Wildman–Crippen LogP) is 2.96. The van der Waals surface area contributed by atoms with Gasteiger partial charge in [0.15, 0.2) is 12.4 Å². The number of carbonyl (C=O) groups is 1. The van der Waals surface area contributed by atoms with Crippen LogP contribution >= 0.6 is 0 Å². The lowest BCUT2D eigenvalue weighted by molar-refractivity contribution is -0.386. The minimum Gasteiger partial charge on any atom is -0.479 e. The van der Waals surface area contributed by atoms with Crippen molar-refractivity contribution in [2.24, 2.45) is 0 Å². The van der Waals surface area contributed by atoms with Gasteiger partial charge in [-0.2, -0.15) is 30.7 Å². The first-order chi connectivity index (χ1) is 11.6. The lowest BCUT2D eigenvalue weighted by Crippen LogP contribution is -2.54. The summed E-state index contributed by atoms with van der Waals surface area (Å²) in [6.07, 6.45) is -6.73. The van der Waals surface area contributed by atoms with Crippen molar-refractivity contribution in [1.29, 1.82) is 0 Å². The Balaban J connectivity index is 3.35. The number of alkyl halides is 7. The molecule has 1 atom stereocenters. The standard InChI is InChI=1S/C11H6F7NO6S/c12-9(13,10(14,15)16)11(17,18)26(24)5-1-2-7(25-4-8(20)21)6(3-5)19(22)23/h1-3H,4H2,(H,20,21). The van der Waals surface area contributed by atoms with Gasteiger partial charge in [0.2, 0.25) is 0 Å². The maximum atomic E-state index is 13.4. The SMILES string of the molecule is O=C(O)COc1ccc(S(=O)C(F)(F)C(F)(F)C(F)(F)F)cc1[N+](=O)[O-]. The zero-order valence-corrected chi connectivity index (χ0v) is 12.7. The molecule has 146 valence electrons. The number of hydrogen-bond donors (Lipinski definition) is 1. The van der Waals surface area contributed by atoms with Crippen LogP contribution in [0.5, 0.6) is 5.75 Å². The fraction of sp³-hybridized carbons (Fsp3) is 0.364. The Morgan fingerprint density at radius 2 is 1.73 bits per heavy atom. The van der Waals surface area contributed by atoms with Gasteiger partial charge in [-0.3, -0.25) is 10.1 Å². The number of aliphatic carboxylic acids is 1. The van der Waals surface area contributed by atoms with Crippen molar-refractivity contribution in [1.82, 2.24) is 0 Å². The number of nitrogens with zero attached hydrogens (tertiary/aromatic N) is 1. The molecule has 0 aromatic heterocycles. The molecule has 0 radical (unpaired) electrons. The Kier molecular flexibility index (Phi) is 5.85. The van der Waals surface area contributed by atoms with Gasteiger partial charge in [-0.05, 0) is 12.1 Å². The third-order valence-corrected chi connectivity index (χ3v) is 4.05. The monoisotopic (exact) mass is 413 g/mol. The van der Waals surface area contributed by atoms with E-state index in [4.69, 9.17) is 5.11 Å².